The van der Waals surface area contributed by atoms with Crippen LogP contribution >= 0.6 is 11.6 Å². The maximum absolute atomic E-state index is 12.5. The molecular formula is C14H13ClN2O3. The van der Waals surface area contributed by atoms with Crippen LogP contribution in [0.1, 0.15) is 21.6 Å². The molecule has 0 aliphatic carbocycles. The van der Waals surface area contributed by atoms with Crippen LogP contribution in [-0.2, 0) is 0 Å². The zero-order chi connectivity index (χ0) is 14.7. The maximum atomic E-state index is 12.5. The van der Waals surface area contributed by atoms with Crippen LogP contribution < -0.4 is 9.47 Å². The highest BCUT2D eigenvalue weighted by Gasteiger charge is 2.20. The first-order valence-corrected chi connectivity index (χ1v) is 6.20. The van der Waals surface area contributed by atoms with Crippen molar-refractivity contribution in [3.63, 3.8) is 0 Å². The summed E-state index contributed by atoms with van der Waals surface area (Å²) in [6.45, 7) is 1.81. The molecule has 2 rings (SSSR count). The summed E-state index contributed by atoms with van der Waals surface area (Å²) in [5.74, 6) is 0.140. The SMILES string of the molecule is COc1cnc(C(=O)c2ccc(Cl)cc2C)c(OC)n1. The first-order chi connectivity index (χ1) is 9.56. The molecule has 0 fully saturated rings. The minimum absolute atomic E-state index is 0.128. The van der Waals surface area contributed by atoms with Gasteiger partial charge in [0.15, 0.2) is 5.69 Å². The van der Waals surface area contributed by atoms with Gasteiger partial charge in [0, 0.05) is 10.6 Å². The Morgan fingerprint density at radius 1 is 1.25 bits per heavy atom. The van der Waals surface area contributed by atoms with E-state index < -0.39 is 0 Å². The van der Waals surface area contributed by atoms with E-state index in [1.807, 2.05) is 6.92 Å². The topological polar surface area (TPSA) is 61.3 Å². The summed E-state index contributed by atoms with van der Waals surface area (Å²) in [6, 6.07) is 5.04. The second-order valence-electron chi connectivity index (χ2n) is 4.06. The van der Waals surface area contributed by atoms with Gasteiger partial charge in [0.2, 0.25) is 17.5 Å². The summed E-state index contributed by atoms with van der Waals surface area (Å²) >= 11 is 5.89. The highest BCUT2D eigenvalue weighted by atomic mass is 35.5. The van der Waals surface area contributed by atoms with E-state index in [1.165, 1.54) is 20.4 Å². The summed E-state index contributed by atoms with van der Waals surface area (Å²) in [6.07, 6.45) is 1.38. The van der Waals surface area contributed by atoms with Gasteiger partial charge in [0.25, 0.3) is 0 Å². The molecule has 1 heterocycles. The lowest BCUT2D eigenvalue weighted by molar-refractivity contribution is 0.102. The molecule has 0 amide bonds. The summed E-state index contributed by atoms with van der Waals surface area (Å²) in [5.41, 5.74) is 1.41. The molecule has 1 aromatic carbocycles. The van der Waals surface area contributed by atoms with Crippen molar-refractivity contribution in [3.05, 3.63) is 46.2 Å². The van der Waals surface area contributed by atoms with E-state index in [4.69, 9.17) is 21.1 Å². The molecule has 0 saturated carbocycles. The number of ketones is 1. The van der Waals surface area contributed by atoms with Gasteiger partial charge >= 0.3 is 0 Å². The van der Waals surface area contributed by atoms with E-state index in [0.29, 0.717) is 10.6 Å². The van der Waals surface area contributed by atoms with Crippen molar-refractivity contribution >= 4 is 17.4 Å². The fourth-order valence-corrected chi connectivity index (χ4v) is 1.99. The molecule has 0 spiro atoms. The Bertz CT molecular complexity index is 659. The summed E-state index contributed by atoms with van der Waals surface area (Å²) in [7, 11) is 2.89. The lowest BCUT2D eigenvalue weighted by atomic mass is 10.0. The molecule has 104 valence electrons. The third kappa shape index (κ3) is 2.72. The number of aryl methyl sites for hydroxylation is 1. The first-order valence-electron chi connectivity index (χ1n) is 5.82. The van der Waals surface area contributed by atoms with Gasteiger partial charge in [-0.15, -0.1) is 0 Å². The van der Waals surface area contributed by atoms with E-state index in [-0.39, 0.29) is 23.2 Å². The van der Waals surface area contributed by atoms with Crippen LogP contribution in [0.25, 0.3) is 0 Å². The molecule has 0 saturated heterocycles. The predicted octanol–water partition coefficient (Wildman–Crippen LogP) is 2.69. The minimum atomic E-state index is -0.272. The van der Waals surface area contributed by atoms with Crippen LogP contribution in [0.4, 0.5) is 0 Å². The molecule has 0 aliphatic rings. The number of carbonyl (C=O) groups excluding carboxylic acids is 1. The van der Waals surface area contributed by atoms with Gasteiger partial charge in [0.05, 0.1) is 20.4 Å². The molecule has 0 radical (unpaired) electrons. The predicted molar refractivity (Wildman–Crippen MR) is 74.8 cm³/mol. The number of benzene rings is 1. The van der Waals surface area contributed by atoms with E-state index >= 15 is 0 Å². The molecule has 20 heavy (non-hydrogen) atoms. The number of methoxy groups -OCH3 is 2. The van der Waals surface area contributed by atoms with Crippen LogP contribution in [0.2, 0.25) is 5.02 Å². The van der Waals surface area contributed by atoms with Crippen LogP contribution in [0, 0.1) is 6.92 Å². The van der Waals surface area contributed by atoms with Gasteiger partial charge in [0.1, 0.15) is 0 Å². The maximum Gasteiger partial charge on any atom is 0.247 e. The quantitative estimate of drug-likeness (QED) is 0.811. The molecular weight excluding hydrogens is 280 g/mol. The third-order valence-corrected chi connectivity index (χ3v) is 3.00. The average molecular weight is 293 g/mol. The van der Waals surface area contributed by atoms with E-state index in [1.54, 1.807) is 18.2 Å². The highest BCUT2D eigenvalue weighted by molar-refractivity contribution is 6.30. The standard InChI is InChI=1S/C14H13ClN2O3/c1-8-6-9(15)4-5-10(8)13(18)12-14(20-3)17-11(19-2)7-16-12/h4-7H,1-3H3. The van der Waals surface area contributed by atoms with Crippen molar-refractivity contribution in [3.8, 4) is 11.8 Å². The summed E-state index contributed by atoms with van der Waals surface area (Å²) in [4.78, 5) is 20.6. The van der Waals surface area contributed by atoms with Crippen LogP contribution in [0.15, 0.2) is 24.4 Å². The van der Waals surface area contributed by atoms with Crippen molar-refractivity contribution < 1.29 is 14.3 Å². The fourth-order valence-electron chi connectivity index (χ4n) is 1.76. The Hall–Kier alpha value is -2.14. The number of carbonyl (C=O) groups is 1. The van der Waals surface area contributed by atoms with Gasteiger partial charge in [-0.1, -0.05) is 11.6 Å². The van der Waals surface area contributed by atoms with Gasteiger partial charge < -0.3 is 9.47 Å². The number of hydrogen-bond acceptors (Lipinski definition) is 5. The smallest absolute Gasteiger partial charge is 0.247 e. The number of rotatable bonds is 4. The third-order valence-electron chi connectivity index (χ3n) is 2.77. The molecule has 5 nitrogen and oxygen atoms in total. The highest BCUT2D eigenvalue weighted by Crippen LogP contribution is 2.23. The van der Waals surface area contributed by atoms with Gasteiger partial charge in [-0.05, 0) is 30.7 Å². The van der Waals surface area contributed by atoms with Crippen LogP contribution in [-0.4, -0.2) is 30.0 Å². The normalized spacial score (nSPS) is 10.2. The molecule has 2 aromatic rings. The number of aromatic nitrogens is 2. The lowest BCUT2D eigenvalue weighted by Crippen LogP contribution is -2.10. The average Bonchev–Trinajstić information content (AvgIpc) is 2.46. The zero-order valence-corrected chi connectivity index (χ0v) is 12.1. The Morgan fingerprint density at radius 2 is 2.00 bits per heavy atom. The molecule has 6 heteroatoms. The molecule has 0 bridgehead atoms. The molecule has 1 aromatic heterocycles. The van der Waals surface area contributed by atoms with Crippen molar-refractivity contribution in [2.75, 3.05) is 14.2 Å². The Kier molecular flexibility index (Phi) is 4.20. The summed E-state index contributed by atoms with van der Waals surface area (Å²) < 4.78 is 10.0. The molecule has 0 aliphatic heterocycles. The molecule has 0 N–H and O–H groups in total. The van der Waals surface area contributed by atoms with Crippen molar-refractivity contribution in [2.24, 2.45) is 0 Å². The Balaban J connectivity index is 2.47. The van der Waals surface area contributed by atoms with Crippen molar-refractivity contribution in [1.29, 1.82) is 0 Å². The van der Waals surface area contributed by atoms with Crippen LogP contribution in [0.3, 0.4) is 0 Å². The molecule has 0 unspecified atom stereocenters. The van der Waals surface area contributed by atoms with Gasteiger partial charge in [-0.2, -0.15) is 4.98 Å². The summed E-state index contributed by atoms with van der Waals surface area (Å²) in [5, 5.41) is 0.576. The van der Waals surface area contributed by atoms with E-state index in [2.05, 4.69) is 9.97 Å². The second kappa shape index (κ2) is 5.88. The lowest BCUT2D eigenvalue weighted by Gasteiger charge is -2.09. The number of ether oxygens (including phenoxy) is 2. The largest absolute Gasteiger partial charge is 0.480 e. The number of hydrogen-bond donors (Lipinski definition) is 0. The van der Waals surface area contributed by atoms with Gasteiger partial charge in [-0.25, -0.2) is 4.98 Å². The zero-order valence-electron chi connectivity index (χ0n) is 11.3. The van der Waals surface area contributed by atoms with E-state index in [0.717, 1.165) is 5.56 Å². The van der Waals surface area contributed by atoms with Crippen LogP contribution in [0.5, 0.6) is 11.8 Å². The monoisotopic (exact) mass is 292 g/mol. The number of halogens is 1. The fraction of sp³-hybridized carbons (Fsp3) is 0.214. The van der Waals surface area contributed by atoms with E-state index in [9.17, 15) is 4.79 Å². The Morgan fingerprint density at radius 3 is 2.60 bits per heavy atom. The Labute approximate surface area is 121 Å². The number of nitrogens with zero attached hydrogens (tertiary/aromatic N) is 2. The van der Waals surface area contributed by atoms with Crippen molar-refractivity contribution in [1.82, 2.24) is 9.97 Å². The van der Waals surface area contributed by atoms with Crippen molar-refractivity contribution in [2.45, 2.75) is 6.92 Å². The van der Waals surface area contributed by atoms with Gasteiger partial charge in [-0.3, -0.25) is 4.79 Å². The molecule has 0 atom stereocenters. The second-order valence-corrected chi connectivity index (χ2v) is 4.50. The minimum Gasteiger partial charge on any atom is -0.480 e. The first kappa shape index (κ1) is 14.3.